The molecule has 242 valence electrons. The van der Waals surface area contributed by atoms with Gasteiger partial charge in [0.2, 0.25) is 10.0 Å². The molecule has 4 atom stereocenters. The Morgan fingerprint density at radius 1 is 1.09 bits per heavy atom. The second-order valence-electron chi connectivity index (χ2n) is 14.1. The third-order valence-electron chi connectivity index (χ3n) is 11.0. The molecule has 2 bridgehead atoms. The van der Waals surface area contributed by atoms with Crippen molar-refractivity contribution in [2.75, 3.05) is 19.3 Å². The number of allylic oxidation sites excluding steroid dienone is 2. The van der Waals surface area contributed by atoms with Crippen LogP contribution in [0.3, 0.4) is 0 Å². The van der Waals surface area contributed by atoms with Gasteiger partial charge in [-0.25, -0.2) is 8.42 Å². The van der Waals surface area contributed by atoms with Gasteiger partial charge >= 0.3 is 0 Å². The zero-order valence-electron chi connectivity index (χ0n) is 26.8. The van der Waals surface area contributed by atoms with Crippen LogP contribution in [0.15, 0.2) is 47.4 Å². The van der Waals surface area contributed by atoms with Crippen LogP contribution < -0.4 is 0 Å². The van der Waals surface area contributed by atoms with E-state index in [1.807, 2.05) is 23.6 Å². The number of rotatable bonds is 8. The van der Waals surface area contributed by atoms with Crippen LogP contribution in [0.2, 0.25) is 0 Å². The zero-order chi connectivity index (χ0) is 31.5. The summed E-state index contributed by atoms with van der Waals surface area (Å²) in [5.41, 5.74) is 2.03. The molecule has 1 aromatic carbocycles. The molecule has 2 fully saturated rings. The first-order chi connectivity index (χ1) is 20.9. The lowest BCUT2D eigenvalue weighted by atomic mass is 9.64. The summed E-state index contributed by atoms with van der Waals surface area (Å²) in [6.45, 7) is 4.60. The number of nitrogens with zero attached hydrogens (tertiary/aromatic N) is 1. The van der Waals surface area contributed by atoms with Crippen molar-refractivity contribution < 1.29 is 23.4 Å². The highest BCUT2D eigenvalue weighted by atomic mass is 32.2. The fourth-order valence-corrected chi connectivity index (χ4v) is 9.71. The number of fused-ring (bicyclic) bond motifs is 8. The van der Waals surface area contributed by atoms with E-state index in [2.05, 4.69) is 32.1 Å². The maximum atomic E-state index is 14.2. The summed E-state index contributed by atoms with van der Waals surface area (Å²) in [7, 11) is -3.57. The van der Waals surface area contributed by atoms with Crippen LogP contribution in [0.25, 0.3) is 0 Å². The lowest BCUT2D eigenvalue weighted by Gasteiger charge is -2.46. The largest absolute Gasteiger partial charge is 0.393 e. The van der Waals surface area contributed by atoms with Crippen LogP contribution in [0.1, 0.15) is 117 Å². The number of hydrogen-bond donors (Lipinski definition) is 2. The second kappa shape index (κ2) is 13.9. The smallest absolute Gasteiger partial charge is 0.211 e. The fraction of sp³-hybridized carbons (Fsp3) is 0.639. The van der Waals surface area contributed by atoms with Gasteiger partial charge < -0.3 is 10.2 Å². The number of sulfonamides is 1. The number of carbonyl (C=O) groups excluding carboxylic acids is 1. The molecular weight excluding hydrogens is 591 g/mol. The summed E-state index contributed by atoms with van der Waals surface area (Å²) in [5.74, 6) is 0.117. The van der Waals surface area contributed by atoms with E-state index in [4.69, 9.17) is 0 Å². The van der Waals surface area contributed by atoms with Crippen LogP contribution in [0.4, 0.5) is 0 Å². The molecule has 1 aromatic heterocycles. The number of benzene rings is 1. The topological polar surface area (TPSA) is 94.9 Å². The first-order valence-electron chi connectivity index (χ1n) is 16.6. The Balaban J connectivity index is 1.55. The number of ketones is 1. The average molecular weight is 642 g/mol. The maximum Gasteiger partial charge on any atom is 0.211 e. The summed E-state index contributed by atoms with van der Waals surface area (Å²) in [6, 6.07) is 10.2. The van der Waals surface area contributed by atoms with Crippen molar-refractivity contribution in [2.45, 2.75) is 115 Å². The summed E-state index contributed by atoms with van der Waals surface area (Å²) >= 11 is 1.62. The Hall–Kier alpha value is -1.84. The lowest BCUT2D eigenvalue weighted by Crippen LogP contribution is -2.54. The number of hydrogen-bond acceptors (Lipinski definition) is 6. The van der Waals surface area contributed by atoms with E-state index in [9.17, 15) is 23.4 Å². The molecule has 2 N–H and O–H groups in total. The van der Waals surface area contributed by atoms with E-state index < -0.39 is 27.1 Å². The highest BCUT2D eigenvalue weighted by molar-refractivity contribution is 7.88. The minimum absolute atomic E-state index is 0.0108. The number of aliphatic hydroxyl groups excluding tert-OH is 1. The van der Waals surface area contributed by atoms with E-state index in [0.29, 0.717) is 45.1 Å². The predicted molar refractivity (Wildman–Crippen MR) is 179 cm³/mol. The van der Waals surface area contributed by atoms with E-state index >= 15 is 0 Å². The van der Waals surface area contributed by atoms with Crippen molar-refractivity contribution in [3.63, 3.8) is 0 Å². The molecule has 4 unspecified atom stereocenters. The Labute approximate surface area is 268 Å². The number of carbonyl (C=O) groups is 1. The molecule has 0 radical (unpaired) electrons. The highest BCUT2D eigenvalue weighted by Gasteiger charge is 2.58. The average Bonchev–Trinajstić information content (AvgIpc) is 3.60. The molecule has 8 heteroatoms. The molecule has 4 aliphatic rings. The van der Waals surface area contributed by atoms with Crippen LogP contribution in [0, 0.1) is 11.3 Å². The molecular formula is C36H51NO5S2. The minimum atomic E-state index is -3.57. The van der Waals surface area contributed by atoms with Gasteiger partial charge in [0, 0.05) is 34.9 Å². The molecule has 2 saturated carbocycles. The van der Waals surface area contributed by atoms with Gasteiger partial charge in [-0.15, -0.1) is 11.3 Å². The fourth-order valence-electron chi connectivity index (χ4n) is 8.14. The van der Waals surface area contributed by atoms with Crippen molar-refractivity contribution in [1.82, 2.24) is 4.31 Å². The van der Waals surface area contributed by atoms with E-state index in [0.717, 1.165) is 60.1 Å². The number of thiophene rings is 1. The van der Waals surface area contributed by atoms with Gasteiger partial charge in [-0.2, -0.15) is 4.31 Å². The Morgan fingerprint density at radius 3 is 2.57 bits per heavy atom. The first-order valence-corrected chi connectivity index (χ1v) is 19.3. The summed E-state index contributed by atoms with van der Waals surface area (Å²) in [6.07, 6.45) is 13.3. The normalized spacial score (nSPS) is 28.9. The van der Waals surface area contributed by atoms with Crippen molar-refractivity contribution in [2.24, 2.45) is 11.3 Å². The van der Waals surface area contributed by atoms with Crippen LogP contribution in [-0.2, 0) is 22.9 Å². The SMILES string of the molecule is CC1=CCCC2(C)C(CCC2(O)CN(CCc2cccs2)S(C)(=O)=O)c2ccc(cc2C(=O)C2CCCCC2)CC(O)CC1. The molecule has 0 aliphatic heterocycles. The summed E-state index contributed by atoms with van der Waals surface area (Å²) in [4.78, 5) is 15.3. The zero-order valence-corrected chi connectivity index (χ0v) is 28.4. The third kappa shape index (κ3) is 7.41. The number of aliphatic hydroxyl groups is 2. The van der Waals surface area contributed by atoms with Crippen LogP contribution in [0.5, 0.6) is 0 Å². The lowest BCUT2D eigenvalue weighted by molar-refractivity contribution is -0.0722. The van der Waals surface area contributed by atoms with Gasteiger partial charge in [0.25, 0.3) is 0 Å². The highest BCUT2D eigenvalue weighted by Crippen LogP contribution is 2.59. The first kappa shape index (κ1) is 33.5. The molecule has 0 spiro atoms. The van der Waals surface area contributed by atoms with Gasteiger partial charge in [0.1, 0.15) is 0 Å². The third-order valence-corrected chi connectivity index (χ3v) is 13.2. The predicted octanol–water partition coefficient (Wildman–Crippen LogP) is 7.05. The van der Waals surface area contributed by atoms with Gasteiger partial charge in [0.05, 0.1) is 18.0 Å². The van der Waals surface area contributed by atoms with Crippen molar-refractivity contribution in [1.29, 1.82) is 0 Å². The maximum absolute atomic E-state index is 14.2. The van der Waals surface area contributed by atoms with Crippen molar-refractivity contribution in [3.8, 4) is 0 Å². The quantitative estimate of drug-likeness (QED) is 0.238. The molecule has 1 heterocycles. The molecule has 2 aromatic rings. The van der Waals surface area contributed by atoms with Gasteiger partial charge in [-0.05, 0) is 106 Å². The van der Waals surface area contributed by atoms with E-state index in [1.165, 1.54) is 22.6 Å². The Morgan fingerprint density at radius 2 is 1.86 bits per heavy atom. The summed E-state index contributed by atoms with van der Waals surface area (Å²) in [5, 5.41) is 25.5. The van der Waals surface area contributed by atoms with Gasteiger partial charge in [0.15, 0.2) is 5.78 Å². The van der Waals surface area contributed by atoms with Crippen molar-refractivity contribution in [3.05, 3.63) is 68.9 Å². The molecule has 0 amide bonds. The van der Waals surface area contributed by atoms with E-state index in [1.54, 1.807) is 11.3 Å². The molecule has 0 saturated heterocycles. The Bertz CT molecular complexity index is 1430. The molecule has 4 aliphatic carbocycles. The second-order valence-corrected chi connectivity index (χ2v) is 17.1. The van der Waals surface area contributed by atoms with Gasteiger partial charge in [-0.1, -0.05) is 56.0 Å². The van der Waals surface area contributed by atoms with Crippen molar-refractivity contribution >= 4 is 27.1 Å². The standard InChI is InChI=1S/C36H51NO5S2/c1-26-9-7-19-35(2)33(17-20-36(35,40)25-37(44(3,41)42)21-18-30-12-8-22-43-30)31-16-14-27(23-29(38)15-13-26)24-32(31)34(39)28-10-5-4-6-11-28/h8-9,12,14,16,22,24,28-29,33,38,40H,4-7,10-11,13,15,17-21,23,25H2,1-3H3. The molecule has 6 nitrogen and oxygen atoms in total. The monoisotopic (exact) mass is 641 g/mol. The van der Waals surface area contributed by atoms with Crippen LogP contribution in [-0.4, -0.2) is 59.8 Å². The molecule has 44 heavy (non-hydrogen) atoms. The van der Waals surface area contributed by atoms with Crippen LogP contribution >= 0.6 is 11.3 Å². The minimum Gasteiger partial charge on any atom is -0.393 e. The van der Waals surface area contributed by atoms with Gasteiger partial charge in [-0.3, -0.25) is 4.79 Å². The summed E-state index contributed by atoms with van der Waals surface area (Å²) < 4.78 is 27.7. The molecule has 6 rings (SSSR count). The van der Waals surface area contributed by atoms with E-state index in [-0.39, 0.29) is 24.2 Å². The Kier molecular flexibility index (Phi) is 10.6. The number of Topliss-reactive ketones (excluding diaryl/α,β-unsaturated/α-hetero) is 1.